The van der Waals surface area contributed by atoms with Gasteiger partial charge in [0.15, 0.2) is 12.4 Å². The van der Waals surface area contributed by atoms with E-state index in [9.17, 15) is 0 Å². The van der Waals surface area contributed by atoms with Gasteiger partial charge < -0.3 is 4.42 Å². The Bertz CT molecular complexity index is 3020. The smallest absolute Gasteiger partial charge is 0.417 e. The van der Waals surface area contributed by atoms with Crippen molar-refractivity contribution in [2.45, 2.75) is 45.6 Å². The second-order valence-electron chi connectivity index (χ2n) is 16.5. The quantitative estimate of drug-likeness (QED) is 0.103. The van der Waals surface area contributed by atoms with Gasteiger partial charge in [-0.3, -0.25) is 0 Å². The van der Waals surface area contributed by atoms with Gasteiger partial charge >= 0.3 is 5.66 Å². The molecule has 4 heteroatoms. The molecular weight excluding hydrogens is 649 g/mol. The number of benzene rings is 6. The third-order valence-electron chi connectivity index (χ3n) is 11.9. The number of fused-ring (bicyclic) bond motifs is 20. The number of pyridine rings is 2. The number of aromatic nitrogens is 2. The topological polar surface area (TPSA) is 20.9 Å². The molecule has 3 nitrogen and oxygen atoms in total. The van der Waals surface area contributed by atoms with E-state index in [1.165, 1.54) is 76.7 Å². The van der Waals surface area contributed by atoms with Crippen LogP contribution in [0.3, 0.4) is 0 Å². The summed E-state index contributed by atoms with van der Waals surface area (Å²) in [6, 6.07) is 45.6. The standard InChI is InChI=1S/C48H40N2OSi/c1-29(2)24-30-22-23-49-44(25-30)46-42(48(49)41-17-11-10-16-37(41)43-21-18-31(28-50(43)48)52(3,4)5)20-19-36-40-26-38-34-14-8-6-12-32(34)33-13-7-9-15-35(33)39(38)27-45(40)51-47(36)46/h6-23,25-29H,24H2,1-5H3/q+2. The maximum Gasteiger partial charge on any atom is 0.417 e. The van der Waals surface area contributed by atoms with Gasteiger partial charge in [-0.1, -0.05) is 100 Å². The Labute approximate surface area is 304 Å². The number of rotatable bonds is 3. The average molecular weight is 689 g/mol. The summed E-state index contributed by atoms with van der Waals surface area (Å²) in [6.07, 6.45) is 5.85. The highest BCUT2D eigenvalue weighted by Gasteiger charge is 2.67. The van der Waals surface area contributed by atoms with E-state index >= 15 is 0 Å². The van der Waals surface area contributed by atoms with Gasteiger partial charge in [0, 0.05) is 34.2 Å². The van der Waals surface area contributed by atoms with E-state index in [2.05, 4.69) is 176 Å². The molecule has 5 heterocycles. The largest absolute Gasteiger partial charge is 0.455 e. The lowest BCUT2D eigenvalue weighted by Gasteiger charge is -2.20. The summed E-state index contributed by atoms with van der Waals surface area (Å²) in [5.41, 5.74) is 10.2. The molecule has 0 fully saturated rings. The van der Waals surface area contributed by atoms with E-state index in [1.54, 1.807) is 0 Å². The van der Waals surface area contributed by atoms with Crippen molar-refractivity contribution in [2.24, 2.45) is 5.92 Å². The van der Waals surface area contributed by atoms with Gasteiger partial charge in [-0.25, -0.2) is 0 Å². The first-order chi connectivity index (χ1) is 25.2. The van der Waals surface area contributed by atoms with Gasteiger partial charge in [0.2, 0.25) is 11.4 Å². The highest BCUT2D eigenvalue weighted by Crippen LogP contribution is 2.51. The predicted molar refractivity (Wildman–Crippen MR) is 217 cm³/mol. The third kappa shape index (κ3) is 3.80. The molecule has 0 aliphatic carbocycles. The Kier molecular flexibility index (Phi) is 5.94. The molecule has 0 radical (unpaired) electrons. The van der Waals surface area contributed by atoms with Crippen molar-refractivity contribution in [3.05, 3.63) is 150 Å². The van der Waals surface area contributed by atoms with Gasteiger partial charge in [-0.15, -0.1) is 9.13 Å². The molecule has 3 aromatic heterocycles. The molecule has 1 unspecified atom stereocenters. The minimum Gasteiger partial charge on any atom is -0.455 e. The molecule has 6 aromatic carbocycles. The first-order valence-corrected chi connectivity index (χ1v) is 22.2. The molecule has 0 saturated carbocycles. The van der Waals surface area contributed by atoms with Crippen LogP contribution in [0.4, 0.5) is 0 Å². The van der Waals surface area contributed by atoms with E-state index in [0.717, 1.165) is 28.4 Å². The SMILES string of the molecule is CC(C)Cc1cc[n+]2c(c1)-c1c(ccc3c1oc1cc4c5ccccc5c5ccccc5c4cc13)C21c2ccccc2-c2ccc([Si](C)(C)C)c[n+]21. The molecule has 2 aliphatic rings. The summed E-state index contributed by atoms with van der Waals surface area (Å²) in [5, 5.41) is 11.4. The van der Waals surface area contributed by atoms with Crippen LogP contribution in [0.5, 0.6) is 0 Å². The Morgan fingerprint density at radius 1 is 0.596 bits per heavy atom. The fourth-order valence-electron chi connectivity index (χ4n) is 9.62. The third-order valence-corrected chi connectivity index (χ3v) is 13.9. The summed E-state index contributed by atoms with van der Waals surface area (Å²) in [4.78, 5) is 0. The van der Waals surface area contributed by atoms with Gasteiger partial charge in [0.1, 0.15) is 27.9 Å². The lowest BCUT2D eigenvalue weighted by atomic mass is 9.88. The van der Waals surface area contributed by atoms with E-state index in [1.807, 2.05) is 0 Å². The van der Waals surface area contributed by atoms with E-state index in [-0.39, 0.29) is 0 Å². The Morgan fingerprint density at radius 2 is 1.27 bits per heavy atom. The van der Waals surface area contributed by atoms with Crippen LogP contribution in [-0.4, -0.2) is 8.07 Å². The van der Waals surface area contributed by atoms with Crippen LogP contribution in [0.2, 0.25) is 19.6 Å². The molecule has 0 N–H and O–H groups in total. The number of nitrogens with zero attached hydrogens (tertiary/aromatic N) is 2. The van der Waals surface area contributed by atoms with Crippen LogP contribution >= 0.6 is 0 Å². The first-order valence-electron chi connectivity index (χ1n) is 18.7. The van der Waals surface area contributed by atoms with Gasteiger partial charge in [0.05, 0.1) is 13.6 Å². The van der Waals surface area contributed by atoms with Crippen molar-refractivity contribution < 1.29 is 13.6 Å². The molecule has 0 bridgehead atoms. The normalized spacial score (nSPS) is 16.1. The van der Waals surface area contributed by atoms with Gasteiger partial charge in [-0.2, -0.15) is 0 Å². The average Bonchev–Trinajstić information content (AvgIpc) is 3.76. The summed E-state index contributed by atoms with van der Waals surface area (Å²) < 4.78 is 12.3. The van der Waals surface area contributed by atoms with Gasteiger partial charge in [0.25, 0.3) is 0 Å². The van der Waals surface area contributed by atoms with Crippen molar-refractivity contribution >= 4 is 67.5 Å². The molecular formula is C48H40N2OSi+2. The van der Waals surface area contributed by atoms with Crippen LogP contribution in [0.25, 0.3) is 76.8 Å². The van der Waals surface area contributed by atoms with E-state index in [4.69, 9.17) is 4.42 Å². The number of furan rings is 1. The van der Waals surface area contributed by atoms with Crippen molar-refractivity contribution in [2.75, 3.05) is 0 Å². The number of hydrogen-bond donors (Lipinski definition) is 0. The van der Waals surface area contributed by atoms with Crippen molar-refractivity contribution in [1.29, 1.82) is 0 Å². The maximum atomic E-state index is 7.18. The van der Waals surface area contributed by atoms with Crippen molar-refractivity contribution in [1.82, 2.24) is 0 Å². The van der Waals surface area contributed by atoms with Crippen LogP contribution in [0, 0.1) is 5.92 Å². The molecule has 0 amide bonds. The minimum atomic E-state index is -1.64. The first kappa shape index (κ1) is 30.1. The van der Waals surface area contributed by atoms with Crippen LogP contribution in [0.1, 0.15) is 30.5 Å². The summed E-state index contributed by atoms with van der Waals surface area (Å²) in [6.45, 7) is 12.0. The molecule has 9 aromatic rings. The zero-order chi connectivity index (χ0) is 35.1. The van der Waals surface area contributed by atoms with Crippen molar-refractivity contribution in [3.63, 3.8) is 0 Å². The fraction of sp³-hybridized carbons (Fsp3) is 0.167. The molecule has 0 saturated heterocycles. The van der Waals surface area contributed by atoms with Crippen LogP contribution in [-0.2, 0) is 12.1 Å². The van der Waals surface area contributed by atoms with Crippen LogP contribution in [0.15, 0.2) is 138 Å². The van der Waals surface area contributed by atoms with E-state index < -0.39 is 13.7 Å². The molecule has 1 spiro atoms. The fourth-order valence-corrected chi connectivity index (χ4v) is 10.7. The minimum absolute atomic E-state index is 0.554. The highest BCUT2D eigenvalue weighted by molar-refractivity contribution is 6.88. The lowest BCUT2D eigenvalue weighted by Crippen LogP contribution is -2.72. The monoisotopic (exact) mass is 688 g/mol. The molecule has 11 rings (SSSR count). The van der Waals surface area contributed by atoms with E-state index in [0.29, 0.717) is 5.92 Å². The second kappa shape index (κ2) is 10.3. The summed E-state index contributed by atoms with van der Waals surface area (Å²) in [7, 11) is -1.64. The zero-order valence-electron chi connectivity index (χ0n) is 30.3. The molecule has 1 atom stereocenters. The van der Waals surface area contributed by atoms with Crippen molar-refractivity contribution in [3.8, 4) is 22.5 Å². The Hall–Kier alpha value is -5.58. The predicted octanol–water partition coefficient (Wildman–Crippen LogP) is 10.6. The van der Waals surface area contributed by atoms with Gasteiger partial charge in [-0.05, 0) is 86.6 Å². The highest BCUT2D eigenvalue weighted by atomic mass is 28.3. The Morgan fingerprint density at radius 3 is 1.98 bits per heavy atom. The summed E-state index contributed by atoms with van der Waals surface area (Å²) >= 11 is 0. The molecule has 2 aliphatic heterocycles. The Balaban J connectivity index is 1.29. The molecule has 52 heavy (non-hydrogen) atoms. The molecule has 250 valence electrons. The summed E-state index contributed by atoms with van der Waals surface area (Å²) in [5.74, 6) is 0.554. The second-order valence-corrected chi connectivity index (χ2v) is 21.6. The zero-order valence-corrected chi connectivity index (χ0v) is 31.3. The van der Waals surface area contributed by atoms with Crippen LogP contribution < -0.4 is 14.3 Å². The lowest BCUT2D eigenvalue weighted by molar-refractivity contribution is -0.954. The maximum absolute atomic E-state index is 7.18. The number of hydrogen-bond acceptors (Lipinski definition) is 1.